The van der Waals surface area contributed by atoms with Crippen LogP contribution >= 0.6 is 11.6 Å². The van der Waals surface area contributed by atoms with E-state index in [2.05, 4.69) is 10.2 Å². The maximum Gasteiger partial charge on any atom is 0.302 e. The number of fused-ring (bicyclic) bond motifs is 1. The van der Waals surface area contributed by atoms with Crippen LogP contribution in [0.3, 0.4) is 0 Å². The van der Waals surface area contributed by atoms with Crippen molar-refractivity contribution >= 4 is 34.1 Å². The second kappa shape index (κ2) is 10.2. The van der Waals surface area contributed by atoms with Gasteiger partial charge < -0.3 is 19.1 Å². The van der Waals surface area contributed by atoms with Gasteiger partial charge in [-0.1, -0.05) is 41.9 Å². The highest BCUT2D eigenvalue weighted by atomic mass is 35.5. The minimum atomic E-state index is -0.557. The zero-order chi connectivity index (χ0) is 23.2. The Morgan fingerprint density at radius 3 is 2.58 bits per heavy atom. The molecule has 1 N–H and O–H groups in total. The lowest BCUT2D eigenvalue weighted by atomic mass is 10.2. The molecule has 3 aromatic carbocycles. The first-order chi connectivity index (χ1) is 16.0. The van der Waals surface area contributed by atoms with Crippen LogP contribution in [-0.4, -0.2) is 28.8 Å². The summed E-state index contributed by atoms with van der Waals surface area (Å²) in [4.78, 5) is 12.2. The van der Waals surface area contributed by atoms with E-state index in [0.29, 0.717) is 35.1 Å². The third-order valence-corrected chi connectivity index (χ3v) is 5.18. The number of para-hydroxylation sites is 1. The van der Waals surface area contributed by atoms with Gasteiger partial charge in [-0.25, -0.2) is 0 Å². The number of aryl methyl sites for hydroxylation is 1. The standard InChI is InChI=1S/C25H22ClN3O4/c1-17-5-4-6-20(15-17)33-16-23(30)27-28-24-21-7-2-3-8-22(21)29(25(24)31)13-14-32-19-11-9-18(26)10-12-19/h2-12,15,31H,13-14,16H2,1H3. The first-order valence-electron chi connectivity index (χ1n) is 10.3. The molecule has 0 bridgehead atoms. The zero-order valence-electron chi connectivity index (χ0n) is 17.9. The molecule has 0 aliphatic carbocycles. The summed E-state index contributed by atoms with van der Waals surface area (Å²) in [7, 11) is 0. The van der Waals surface area contributed by atoms with Crippen LogP contribution in [0.2, 0.25) is 5.02 Å². The molecule has 0 atom stereocenters. The molecule has 7 nitrogen and oxygen atoms in total. The Bertz CT molecular complexity index is 1300. The number of carbonyl (C=O) groups excluding carboxylic acids is 1. The zero-order valence-corrected chi connectivity index (χ0v) is 18.7. The van der Waals surface area contributed by atoms with Gasteiger partial charge in [0.2, 0.25) is 5.88 Å². The van der Waals surface area contributed by atoms with Crippen molar-refractivity contribution in [3.05, 3.63) is 83.4 Å². The Morgan fingerprint density at radius 1 is 1.00 bits per heavy atom. The van der Waals surface area contributed by atoms with Crippen LogP contribution in [0.4, 0.5) is 5.69 Å². The average Bonchev–Trinajstić information content (AvgIpc) is 3.08. The summed E-state index contributed by atoms with van der Waals surface area (Å²) >= 11 is 5.90. The Balaban J connectivity index is 1.46. The van der Waals surface area contributed by atoms with Gasteiger partial charge in [0.25, 0.3) is 0 Å². The molecule has 4 aromatic rings. The van der Waals surface area contributed by atoms with E-state index in [4.69, 9.17) is 21.1 Å². The molecule has 168 valence electrons. The lowest BCUT2D eigenvalue weighted by Gasteiger charge is -2.09. The van der Waals surface area contributed by atoms with Crippen LogP contribution in [-0.2, 0) is 11.3 Å². The molecular formula is C25H22ClN3O4. The number of aromatic nitrogens is 1. The Hall–Kier alpha value is -3.84. The van der Waals surface area contributed by atoms with Crippen molar-refractivity contribution in [2.24, 2.45) is 10.2 Å². The molecular weight excluding hydrogens is 442 g/mol. The number of rotatable bonds is 8. The van der Waals surface area contributed by atoms with E-state index in [1.807, 2.05) is 49.4 Å². The van der Waals surface area contributed by atoms with Crippen molar-refractivity contribution in [1.82, 2.24) is 4.57 Å². The van der Waals surface area contributed by atoms with Gasteiger partial charge >= 0.3 is 5.91 Å². The largest absolute Gasteiger partial charge is 0.493 e. The summed E-state index contributed by atoms with van der Waals surface area (Å²) in [6.07, 6.45) is 0. The molecule has 0 fully saturated rings. The molecule has 1 aromatic heterocycles. The van der Waals surface area contributed by atoms with Gasteiger partial charge in [0.1, 0.15) is 18.1 Å². The molecule has 0 spiro atoms. The normalized spacial score (nSPS) is 11.2. The van der Waals surface area contributed by atoms with Crippen LogP contribution in [0.5, 0.6) is 17.4 Å². The third-order valence-electron chi connectivity index (χ3n) is 4.93. The summed E-state index contributed by atoms with van der Waals surface area (Å²) in [5, 5.41) is 19.9. The minimum absolute atomic E-state index is 0.0907. The van der Waals surface area contributed by atoms with E-state index in [1.54, 1.807) is 34.9 Å². The summed E-state index contributed by atoms with van der Waals surface area (Å²) < 4.78 is 12.9. The number of hydrogen-bond donors (Lipinski definition) is 1. The molecule has 0 saturated carbocycles. The van der Waals surface area contributed by atoms with Crippen LogP contribution in [0.15, 0.2) is 83.0 Å². The highest BCUT2D eigenvalue weighted by Gasteiger charge is 2.17. The molecule has 0 radical (unpaired) electrons. The van der Waals surface area contributed by atoms with Gasteiger partial charge in [0, 0.05) is 10.4 Å². The fraction of sp³-hybridized carbons (Fsp3) is 0.160. The van der Waals surface area contributed by atoms with Crippen molar-refractivity contribution in [2.45, 2.75) is 13.5 Å². The Morgan fingerprint density at radius 2 is 1.79 bits per heavy atom. The Kier molecular flexibility index (Phi) is 6.90. The number of nitrogens with zero attached hydrogens (tertiary/aromatic N) is 3. The van der Waals surface area contributed by atoms with E-state index >= 15 is 0 Å². The lowest BCUT2D eigenvalue weighted by molar-refractivity contribution is -0.120. The second-order valence-electron chi connectivity index (χ2n) is 7.34. The Labute approximate surface area is 195 Å². The summed E-state index contributed by atoms with van der Waals surface area (Å²) in [5.74, 6) is 0.610. The van der Waals surface area contributed by atoms with Gasteiger partial charge in [-0.15, -0.1) is 10.2 Å². The van der Waals surface area contributed by atoms with Crippen LogP contribution in [0.1, 0.15) is 5.56 Å². The number of amides is 1. The molecule has 0 saturated heterocycles. The highest BCUT2D eigenvalue weighted by molar-refractivity contribution is 6.30. The molecule has 33 heavy (non-hydrogen) atoms. The van der Waals surface area contributed by atoms with E-state index in [1.165, 1.54) is 0 Å². The van der Waals surface area contributed by atoms with Crippen molar-refractivity contribution in [1.29, 1.82) is 0 Å². The second-order valence-corrected chi connectivity index (χ2v) is 7.78. The van der Waals surface area contributed by atoms with E-state index in [9.17, 15) is 9.90 Å². The van der Waals surface area contributed by atoms with Gasteiger partial charge in [-0.3, -0.25) is 4.79 Å². The van der Waals surface area contributed by atoms with E-state index in [0.717, 1.165) is 11.1 Å². The van der Waals surface area contributed by atoms with Gasteiger partial charge in [-0.05, 0) is 55.0 Å². The van der Waals surface area contributed by atoms with E-state index < -0.39 is 5.91 Å². The van der Waals surface area contributed by atoms with Gasteiger partial charge in [0.05, 0.1) is 12.1 Å². The van der Waals surface area contributed by atoms with Crippen molar-refractivity contribution < 1.29 is 19.4 Å². The molecule has 0 unspecified atom stereocenters. The maximum absolute atomic E-state index is 12.2. The summed E-state index contributed by atoms with van der Waals surface area (Å²) in [5.41, 5.74) is 2.01. The maximum atomic E-state index is 12.2. The van der Waals surface area contributed by atoms with Gasteiger partial charge in [-0.2, -0.15) is 0 Å². The number of hydrogen-bond acceptors (Lipinski definition) is 5. The highest BCUT2D eigenvalue weighted by Crippen LogP contribution is 2.38. The number of ether oxygens (including phenoxy) is 2. The molecule has 0 aliphatic rings. The van der Waals surface area contributed by atoms with E-state index in [-0.39, 0.29) is 18.2 Å². The fourth-order valence-electron chi connectivity index (χ4n) is 3.37. The van der Waals surface area contributed by atoms with Crippen molar-refractivity contribution in [2.75, 3.05) is 13.2 Å². The first-order valence-corrected chi connectivity index (χ1v) is 10.7. The molecule has 1 amide bonds. The molecule has 1 heterocycles. The van der Waals surface area contributed by atoms with Crippen LogP contribution in [0, 0.1) is 6.92 Å². The smallest absolute Gasteiger partial charge is 0.302 e. The fourth-order valence-corrected chi connectivity index (χ4v) is 3.49. The van der Waals surface area contributed by atoms with Crippen LogP contribution < -0.4 is 9.47 Å². The lowest BCUT2D eigenvalue weighted by Crippen LogP contribution is -2.08. The average molecular weight is 464 g/mol. The minimum Gasteiger partial charge on any atom is -0.493 e. The van der Waals surface area contributed by atoms with Crippen molar-refractivity contribution in [3.8, 4) is 17.4 Å². The molecule has 4 rings (SSSR count). The number of aromatic hydroxyl groups is 1. The van der Waals surface area contributed by atoms with Gasteiger partial charge in [0.15, 0.2) is 12.3 Å². The number of halogens is 1. The SMILES string of the molecule is Cc1cccc(OCC(=O)N=Nc2c(O)n(CCOc3ccc(Cl)cc3)c3ccccc23)c1. The molecule has 0 aliphatic heterocycles. The number of benzene rings is 3. The predicted molar refractivity (Wildman–Crippen MR) is 127 cm³/mol. The molecule has 8 heteroatoms. The number of carbonyl (C=O) groups is 1. The third kappa shape index (κ3) is 5.51. The quantitative estimate of drug-likeness (QED) is 0.321. The van der Waals surface area contributed by atoms with Crippen molar-refractivity contribution in [3.63, 3.8) is 0 Å². The first kappa shape index (κ1) is 22.4. The topological polar surface area (TPSA) is 85.4 Å². The monoisotopic (exact) mass is 463 g/mol. The summed E-state index contributed by atoms with van der Waals surface area (Å²) in [6, 6.07) is 21.8. The predicted octanol–water partition coefficient (Wildman–Crippen LogP) is 6.08. The number of azo groups is 1. The van der Waals surface area contributed by atoms with Crippen LogP contribution in [0.25, 0.3) is 10.9 Å². The summed E-state index contributed by atoms with van der Waals surface area (Å²) in [6.45, 7) is 2.37.